The van der Waals surface area contributed by atoms with Gasteiger partial charge < -0.3 is 0 Å². The molecule has 0 aromatic carbocycles. The van der Waals surface area contributed by atoms with Gasteiger partial charge in [0.05, 0.1) is 0 Å². The first-order valence-electron chi connectivity index (χ1n) is 3.23. The third-order valence-corrected chi connectivity index (χ3v) is 1.66. The van der Waals surface area contributed by atoms with Crippen molar-refractivity contribution in [3.05, 3.63) is 0 Å². The molecular weight excluding hydrogens is 140 g/mol. The van der Waals surface area contributed by atoms with Crippen molar-refractivity contribution >= 4 is 6.29 Å². The summed E-state index contributed by atoms with van der Waals surface area (Å²) in [7, 11) is 0. The molecule has 0 aromatic rings. The zero-order chi connectivity index (χ0) is 7.61. The molecule has 0 bridgehead atoms. The van der Waals surface area contributed by atoms with Gasteiger partial charge in [0.15, 0.2) is 12.5 Å². The lowest BCUT2D eigenvalue weighted by molar-refractivity contribution is -0.127. The number of carbonyl (C=O) groups excluding carboxylic acids is 1. The molecule has 1 saturated heterocycles. The molecule has 2 unspecified atom stereocenters. The standard InChI is InChI=1S/C6H9F2NO/c7-5-2-1-3-9-6(5,8)4-10/h4-5,9H,1-3H2. The predicted molar refractivity (Wildman–Crippen MR) is 32.0 cm³/mol. The summed E-state index contributed by atoms with van der Waals surface area (Å²) >= 11 is 0. The van der Waals surface area contributed by atoms with Crippen LogP contribution in [0.2, 0.25) is 0 Å². The van der Waals surface area contributed by atoms with E-state index in [1.807, 2.05) is 0 Å². The lowest BCUT2D eigenvalue weighted by atomic mass is 10.0. The third kappa shape index (κ3) is 1.16. The summed E-state index contributed by atoms with van der Waals surface area (Å²) in [5.74, 6) is -2.42. The maximum Gasteiger partial charge on any atom is 0.248 e. The second-order valence-electron chi connectivity index (χ2n) is 2.42. The maximum atomic E-state index is 12.8. The van der Waals surface area contributed by atoms with Crippen molar-refractivity contribution in [1.29, 1.82) is 0 Å². The highest BCUT2D eigenvalue weighted by atomic mass is 19.2. The van der Waals surface area contributed by atoms with Gasteiger partial charge in [-0.1, -0.05) is 0 Å². The van der Waals surface area contributed by atoms with Crippen LogP contribution in [-0.2, 0) is 4.79 Å². The molecule has 0 amide bonds. The molecule has 1 aliphatic heterocycles. The molecule has 1 rings (SSSR count). The monoisotopic (exact) mass is 149 g/mol. The molecule has 0 aliphatic carbocycles. The first-order chi connectivity index (χ1) is 4.69. The van der Waals surface area contributed by atoms with E-state index >= 15 is 0 Å². The summed E-state index contributed by atoms with van der Waals surface area (Å²) in [5.41, 5.74) is 0. The van der Waals surface area contributed by atoms with E-state index in [0.717, 1.165) is 0 Å². The molecule has 4 heteroatoms. The fraction of sp³-hybridized carbons (Fsp3) is 0.833. The maximum absolute atomic E-state index is 12.8. The lowest BCUT2D eigenvalue weighted by Gasteiger charge is -2.28. The molecule has 10 heavy (non-hydrogen) atoms. The van der Waals surface area contributed by atoms with E-state index in [0.29, 0.717) is 13.0 Å². The third-order valence-electron chi connectivity index (χ3n) is 1.66. The summed E-state index contributed by atoms with van der Waals surface area (Å²) in [6, 6.07) is 0. The van der Waals surface area contributed by atoms with Crippen LogP contribution in [0.25, 0.3) is 0 Å². The zero-order valence-corrected chi connectivity index (χ0v) is 5.44. The Morgan fingerprint density at radius 1 is 1.70 bits per heavy atom. The van der Waals surface area contributed by atoms with E-state index < -0.39 is 12.0 Å². The molecule has 58 valence electrons. The molecule has 1 fully saturated rings. The fourth-order valence-corrected chi connectivity index (χ4v) is 0.998. The Morgan fingerprint density at radius 2 is 2.40 bits per heavy atom. The van der Waals surface area contributed by atoms with Crippen molar-refractivity contribution in [2.24, 2.45) is 0 Å². The van der Waals surface area contributed by atoms with Gasteiger partial charge in [-0.05, 0) is 19.4 Å². The summed E-state index contributed by atoms with van der Waals surface area (Å²) in [6.07, 6.45) is -0.974. The van der Waals surface area contributed by atoms with E-state index in [4.69, 9.17) is 0 Å². The van der Waals surface area contributed by atoms with Gasteiger partial charge in [-0.25, -0.2) is 8.78 Å². The number of hydrogen-bond donors (Lipinski definition) is 1. The first kappa shape index (κ1) is 7.60. The van der Waals surface area contributed by atoms with Gasteiger partial charge >= 0.3 is 0 Å². The Labute approximate surface area is 57.6 Å². The molecule has 0 spiro atoms. The minimum atomic E-state index is -2.42. The fourth-order valence-electron chi connectivity index (χ4n) is 0.998. The van der Waals surface area contributed by atoms with Gasteiger partial charge in [-0.15, -0.1) is 0 Å². The Kier molecular flexibility index (Phi) is 1.99. The normalized spacial score (nSPS) is 41.2. The highest BCUT2D eigenvalue weighted by molar-refractivity contribution is 5.63. The summed E-state index contributed by atoms with van der Waals surface area (Å²) in [4.78, 5) is 10.0. The predicted octanol–water partition coefficient (Wildman–Crippen LogP) is 0.573. The Morgan fingerprint density at radius 3 is 2.80 bits per heavy atom. The number of rotatable bonds is 1. The van der Waals surface area contributed by atoms with Gasteiger partial charge in [0.1, 0.15) is 0 Å². The Bertz CT molecular complexity index is 142. The molecule has 2 nitrogen and oxygen atoms in total. The van der Waals surface area contributed by atoms with Gasteiger partial charge in [0.2, 0.25) is 5.79 Å². The number of hydrogen-bond acceptors (Lipinski definition) is 2. The first-order valence-corrected chi connectivity index (χ1v) is 3.23. The average molecular weight is 149 g/mol. The molecule has 0 aromatic heterocycles. The van der Waals surface area contributed by atoms with Crippen molar-refractivity contribution in [1.82, 2.24) is 5.32 Å². The van der Waals surface area contributed by atoms with Crippen molar-refractivity contribution in [3.63, 3.8) is 0 Å². The lowest BCUT2D eigenvalue weighted by Crippen LogP contribution is -2.54. The summed E-state index contributed by atoms with van der Waals surface area (Å²) in [6.45, 7) is 0.371. The Hall–Kier alpha value is -0.510. The van der Waals surface area contributed by atoms with Gasteiger partial charge in [-0.3, -0.25) is 10.1 Å². The van der Waals surface area contributed by atoms with Gasteiger partial charge in [0, 0.05) is 0 Å². The van der Waals surface area contributed by atoms with Crippen LogP contribution in [0.3, 0.4) is 0 Å². The smallest absolute Gasteiger partial charge is 0.248 e. The van der Waals surface area contributed by atoms with E-state index in [1.54, 1.807) is 0 Å². The van der Waals surface area contributed by atoms with Crippen molar-refractivity contribution in [2.45, 2.75) is 24.8 Å². The summed E-state index contributed by atoms with van der Waals surface area (Å²) in [5, 5.41) is 2.19. The molecule has 1 N–H and O–H groups in total. The van der Waals surface area contributed by atoms with Crippen molar-refractivity contribution < 1.29 is 13.6 Å². The number of halogens is 2. The van der Waals surface area contributed by atoms with Crippen LogP contribution < -0.4 is 5.32 Å². The minimum Gasteiger partial charge on any atom is -0.298 e. The van der Waals surface area contributed by atoms with E-state index in [1.165, 1.54) is 0 Å². The van der Waals surface area contributed by atoms with Crippen LogP contribution in [0.1, 0.15) is 12.8 Å². The number of alkyl halides is 2. The zero-order valence-electron chi connectivity index (χ0n) is 5.44. The molecule has 1 heterocycles. The van der Waals surface area contributed by atoms with E-state index in [2.05, 4.69) is 5.32 Å². The number of piperidine rings is 1. The number of carbonyl (C=O) groups is 1. The van der Waals surface area contributed by atoms with E-state index in [-0.39, 0.29) is 12.7 Å². The highest BCUT2D eigenvalue weighted by Crippen LogP contribution is 2.22. The van der Waals surface area contributed by atoms with Gasteiger partial charge in [-0.2, -0.15) is 0 Å². The number of aldehydes is 1. The second-order valence-corrected chi connectivity index (χ2v) is 2.42. The molecule has 1 aliphatic rings. The van der Waals surface area contributed by atoms with Crippen LogP contribution in [0.15, 0.2) is 0 Å². The van der Waals surface area contributed by atoms with Crippen LogP contribution in [0.5, 0.6) is 0 Å². The van der Waals surface area contributed by atoms with Crippen molar-refractivity contribution in [3.8, 4) is 0 Å². The quantitative estimate of drug-likeness (QED) is 0.436. The van der Waals surface area contributed by atoms with Crippen LogP contribution >= 0.6 is 0 Å². The largest absolute Gasteiger partial charge is 0.298 e. The van der Waals surface area contributed by atoms with E-state index in [9.17, 15) is 13.6 Å². The topological polar surface area (TPSA) is 29.1 Å². The molecule has 0 radical (unpaired) electrons. The molecular formula is C6H9F2NO. The summed E-state index contributed by atoms with van der Waals surface area (Å²) < 4.78 is 25.4. The minimum absolute atomic E-state index is 0.00315. The van der Waals surface area contributed by atoms with Crippen molar-refractivity contribution in [2.75, 3.05) is 6.54 Å². The Balaban J connectivity index is 2.62. The highest BCUT2D eigenvalue weighted by Gasteiger charge is 2.41. The molecule has 0 saturated carbocycles. The van der Waals surface area contributed by atoms with Crippen LogP contribution in [0.4, 0.5) is 8.78 Å². The second kappa shape index (κ2) is 2.62. The van der Waals surface area contributed by atoms with Crippen LogP contribution in [0, 0.1) is 0 Å². The SMILES string of the molecule is O=CC1(F)NCCCC1F. The number of nitrogens with one attached hydrogen (secondary N) is 1. The van der Waals surface area contributed by atoms with Gasteiger partial charge in [0.25, 0.3) is 0 Å². The van der Waals surface area contributed by atoms with Crippen LogP contribution in [-0.4, -0.2) is 24.8 Å². The molecule has 2 atom stereocenters. The average Bonchev–Trinajstić information content (AvgIpc) is 1.96.